The van der Waals surface area contributed by atoms with E-state index in [0.29, 0.717) is 30.5 Å². The van der Waals surface area contributed by atoms with Crippen molar-refractivity contribution in [2.24, 2.45) is 5.92 Å². The minimum absolute atomic E-state index is 0.301. The van der Waals surface area contributed by atoms with Gasteiger partial charge in [0, 0.05) is 35.5 Å². The molecule has 0 saturated carbocycles. The number of carbonyl (C=O) groups is 1. The molecule has 3 aliphatic heterocycles. The van der Waals surface area contributed by atoms with Crippen LogP contribution in [0.4, 0.5) is 0 Å². The monoisotopic (exact) mass is 482 g/mol. The predicted octanol–water partition coefficient (Wildman–Crippen LogP) is 5.56. The van der Waals surface area contributed by atoms with E-state index in [2.05, 4.69) is 76.9 Å². The average molecular weight is 483 g/mol. The summed E-state index contributed by atoms with van der Waals surface area (Å²) < 4.78 is 5.72. The summed E-state index contributed by atoms with van der Waals surface area (Å²) >= 11 is 0. The Labute approximate surface area is 215 Å². The summed E-state index contributed by atoms with van der Waals surface area (Å²) in [6.07, 6.45) is 3.50. The fourth-order valence-electron chi connectivity index (χ4n) is 6.31. The molecule has 0 unspecified atom stereocenters. The Hall–Kier alpha value is -2.95. The fraction of sp³-hybridized carbons (Fsp3) is 0.406. The molecule has 3 fully saturated rings. The van der Waals surface area contributed by atoms with Gasteiger partial charge in [0.05, 0.1) is 7.11 Å². The van der Waals surface area contributed by atoms with Crippen LogP contribution in [-0.4, -0.2) is 43.5 Å². The first-order chi connectivity index (χ1) is 17.5. The van der Waals surface area contributed by atoms with Crippen LogP contribution in [-0.2, 0) is 16.8 Å². The highest BCUT2D eigenvalue weighted by Gasteiger charge is 2.46. The molecular weight excluding hydrogens is 444 g/mol. The lowest BCUT2D eigenvalue weighted by atomic mass is 9.70. The highest BCUT2D eigenvalue weighted by molar-refractivity contribution is 5.67. The molecule has 2 bridgehead atoms. The molecule has 6 rings (SSSR count). The van der Waals surface area contributed by atoms with Crippen molar-refractivity contribution in [3.63, 3.8) is 0 Å². The summed E-state index contributed by atoms with van der Waals surface area (Å²) in [6, 6.07) is 28.9. The van der Waals surface area contributed by atoms with E-state index in [1.54, 1.807) is 7.11 Å². The van der Waals surface area contributed by atoms with E-state index in [-0.39, 0.29) is 0 Å². The number of nitrogens with one attached hydrogen (secondary N) is 1. The molecule has 3 aromatic rings. The Morgan fingerprint density at radius 2 is 1.58 bits per heavy atom. The molecule has 0 aliphatic carbocycles. The topological polar surface area (TPSA) is 41.6 Å². The van der Waals surface area contributed by atoms with Crippen LogP contribution in [0.15, 0.2) is 78.9 Å². The number of fused-ring (bicyclic) bond motifs is 3. The number of ether oxygens (including phenoxy) is 1. The van der Waals surface area contributed by atoms with E-state index in [9.17, 15) is 4.79 Å². The van der Waals surface area contributed by atoms with Crippen LogP contribution in [0.5, 0.6) is 5.75 Å². The van der Waals surface area contributed by atoms with Gasteiger partial charge in [-0.15, -0.1) is 0 Å². The third-order valence-electron chi connectivity index (χ3n) is 8.38. The molecule has 3 aromatic carbocycles. The molecule has 4 nitrogen and oxygen atoms in total. The Morgan fingerprint density at radius 3 is 2.14 bits per heavy atom. The van der Waals surface area contributed by atoms with Gasteiger partial charge >= 0.3 is 0 Å². The van der Waals surface area contributed by atoms with Crippen molar-refractivity contribution < 1.29 is 9.53 Å². The zero-order valence-electron chi connectivity index (χ0n) is 21.7. The van der Waals surface area contributed by atoms with Crippen LogP contribution < -0.4 is 10.1 Å². The number of aldehydes is 1. The number of piperidine rings is 3. The molecule has 3 heterocycles. The van der Waals surface area contributed by atoms with Crippen LogP contribution in [0, 0.1) is 5.92 Å². The van der Waals surface area contributed by atoms with Crippen molar-refractivity contribution in [2.75, 3.05) is 20.2 Å². The molecule has 3 aliphatic rings. The second-order valence-corrected chi connectivity index (χ2v) is 10.9. The molecule has 0 radical (unpaired) electrons. The number of carbonyl (C=O) groups excluding carboxylic acids is 1. The molecule has 2 atom stereocenters. The maximum atomic E-state index is 11.7. The first kappa shape index (κ1) is 24.7. The molecule has 4 heteroatoms. The number of nitrogens with zero attached hydrogens (tertiary/aromatic N) is 1. The van der Waals surface area contributed by atoms with Crippen molar-refractivity contribution in [2.45, 2.75) is 56.7 Å². The van der Waals surface area contributed by atoms with E-state index >= 15 is 0 Å². The van der Waals surface area contributed by atoms with E-state index in [1.165, 1.54) is 24.0 Å². The van der Waals surface area contributed by atoms with Gasteiger partial charge in [0.15, 0.2) is 0 Å². The Morgan fingerprint density at radius 1 is 0.972 bits per heavy atom. The summed E-state index contributed by atoms with van der Waals surface area (Å²) in [7, 11) is 1.72. The number of rotatable bonds is 9. The van der Waals surface area contributed by atoms with Crippen LogP contribution in [0.25, 0.3) is 0 Å². The summed E-state index contributed by atoms with van der Waals surface area (Å²) in [5.74, 6) is 1.82. The van der Waals surface area contributed by atoms with Crippen LogP contribution in [0.1, 0.15) is 54.9 Å². The van der Waals surface area contributed by atoms with Gasteiger partial charge in [-0.1, -0.05) is 66.7 Å². The smallest absolute Gasteiger partial charge is 0.129 e. The number of benzene rings is 3. The first-order valence-corrected chi connectivity index (χ1v) is 13.2. The van der Waals surface area contributed by atoms with Gasteiger partial charge in [0.2, 0.25) is 0 Å². The molecule has 1 N–H and O–H groups in total. The third kappa shape index (κ3) is 4.85. The van der Waals surface area contributed by atoms with Gasteiger partial charge < -0.3 is 14.8 Å². The normalized spacial score (nSPS) is 23.6. The van der Waals surface area contributed by atoms with Crippen molar-refractivity contribution in [1.29, 1.82) is 0 Å². The largest absolute Gasteiger partial charge is 0.496 e. The van der Waals surface area contributed by atoms with Gasteiger partial charge in [-0.05, 0) is 74.5 Å². The number of hydrogen-bond donors (Lipinski definition) is 1. The molecule has 0 aromatic heterocycles. The molecule has 188 valence electrons. The summed E-state index contributed by atoms with van der Waals surface area (Å²) in [4.78, 5) is 14.4. The van der Waals surface area contributed by atoms with Gasteiger partial charge in [-0.25, -0.2) is 0 Å². The average Bonchev–Trinajstić information content (AvgIpc) is 2.94. The Bertz CT molecular complexity index is 1110. The van der Waals surface area contributed by atoms with Crippen molar-refractivity contribution in [3.05, 3.63) is 101 Å². The zero-order valence-corrected chi connectivity index (χ0v) is 21.7. The van der Waals surface area contributed by atoms with Crippen molar-refractivity contribution in [1.82, 2.24) is 10.2 Å². The highest BCUT2D eigenvalue weighted by Crippen LogP contribution is 2.42. The second kappa shape index (κ2) is 10.6. The fourth-order valence-corrected chi connectivity index (χ4v) is 6.31. The maximum absolute atomic E-state index is 11.7. The number of hydrogen-bond acceptors (Lipinski definition) is 4. The zero-order chi connectivity index (χ0) is 25.1. The lowest BCUT2D eigenvalue weighted by molar-refractivity contribution is -0.111. The Balaban J connectivity index is 1.48. The van der Waals surface area contributed by atoms with Crippen molar-refractivity contribution in [3.8, 4) is 5.75 Å². The quantitative estimate of drug-likeness (QED) is 0.406. The summed E-state index contributed by atoms with van der Waals surface area (Å²) in [6.45, 7) is 6.97. The van der Waals surface area contributed by atoms with Crippen LogP contribution in [0.3, 0.4) is 0 Å². The van der Waals surface area contributed by atoms with Crippen LogP contribution in [0.2, 0.25) is 0 Å². The summed E-state index contributed by atoms with van der Waals surface area (Å²) in [5.41, 5.74) is 4.36. The molecule has 3 saturated heterocycles. The molecular formula is C32H38N2O2. The van der Waals surface area contributed by atoms with E-state index in [1.807, 2.05) is 26.0 Å². The standard InChI is InChI=1S/C32H38N2O2/c1-32(2,22-35)27-14-15-28(36-3)26(20-27)21-33-30-25-16-18-34(19-17-25)31(30)29(23-10-6-4-7-11-23)24-12-8-5-9-13-24/h4-15,20,22,25,29-31,33H,16-19,21H2,1-3H3/t30-,31-/m0/s1. The minimum atomic E-state index is -0.523. The van der Waals surface area contributed by atoms with Gasteiger partial charge in [0.1, 0.15) is 12.0 Å². The van der Waals surface area contributed by atoms with Gasteiger partial charge in [0.25, 0.3) is 0 Å². The van der Waals surface area contributed by atoms with E-state index in [4.69, 9.17) is 4.74 Å². The van der Waals surface area contributed by atoms with Crippen molar-refractivity contribution >= 4 is 6.29 Å². The van der Waals surface area contributed by atoms with E-state index < -0.39 is 5.41 Å². The van der Waals surface area contributed by atoms with Gasteiger partial charge in [-0.2, -0.15) is 0 Å². The predicted molar refractivity (Wildman–Crippen MR) is 146 cm³/mol. The lowest BCUT2D eigenvalue weighted by Crippen LogP contribution is -2.64. The molecule has 0 spiro atoms. The Kier molecular flexibility index (Phi) is 7.27. The number of methoxy groups -OCH3 is 1. The molecule has 0 amide bonds. The minimum Gasteiger partial charge on any atom is -0.496 e. The van der Waals surface area contributed by atoms with Gasteiger partial charge in [-0.3, -0.25) is 4.90 Å². The SMILES string of the molecule is COc1ccc(C(C)(C)C=O)cc1CN[C@H]1C2CCN(CC2)[C@H]1C(c1ccccc1)c1ccccc1. The lowest BCUT2D eigenvalue weighted by Gasteiger charge is -2.54. The highest BCUT2D eigenvalue weighted by atomic mass is 16.5. The maximum Gasteiger partial charge on any atom is 0.129 e. The van der Waals surface area contributed by atoms with E-state index in [0.717, 1.165) is 36.3 Å². The summed E-state index contributed by atoms with van der Waals surface area (Å²) in [5, 5.41) is 4.00. The van der Waals surface area contributed by atoms with Crippen LogP contribution >= 0.6 is 0 Å². The second-order valence-electron chi connectivity index (χ2n) is 10.9. The first-order valence-electron chi connectivity index (χ1n) is 13.2. The third-order valence-corrected chi connectivity index (χ3v) is 8.38. The molecule has 36 heavy (non-hydrogen) atoms.